The van der Waals surface area contributed by atoms with Gasteiger partial charge in [0, 0.05) is 13.1 Å². The molecule has 1 aromatic heterocycles. The Bertz CT molecular complexity index is 375. The highest BCUT2D eigenvalue weighted by Gasteiger charge is 2.17. The summed E-state index contributed by atoms with van der Waals surface area (Å²) in [6, 6.07) is 0. The van der Waals surface area contributed by atoms with E-state index in [2.05, 4.69) is 37.6 Å². The number of rotatable bonds is 7. The van der Waals surface area contributed by atoms with Gasteiger partial charge in [-0.3, -0.25) is 4.79 Å². The van der Waals surface area contributed by atoms with Crippen molar-refractivity contribution < 1.29 is 4.79 Å². The van der Waals surface area contributed by atoms with Crippen molar-refractivity contribution in [2.24, 2.45) is 11.8 Å². The molecule has 18 heavy (non-hydrogen) atoms. The van der Waals surface area contributed by atoms with E-state index in [0.717, 1.165) is 41.5 Å². The minimum absolute atomic E-state index is 0.595. The molecule has 0 aromatic carbocycles. The standard InChI is InChI=1S/C14H24N2OS/c1-6-12-13(9-17)18-14(15-12)16(7-10(2)3)8-11(4)5/h9-11H,6-8H2,1-5H3. The molecule has 102 valence electrons. The fourth-order valence-electron chi connectivity index (χ4n) is 1.94. The number of aryl methyl sites for hydroxylation is 1. The number of aldehydes is 1. The smallest absolute Gasteiger partial charge is 0.186 e. The van der Waals surface area contributed by atoms with Crippen LogP contribution >= 0.6 is 11.3 Å². The van der Waals surface area contributed by atoms with Gasteiger partial charge in [0.2, 0.25) is 0 Å². The van der Waals surface area contributed by atoms with Gasteiger partial charge in [-0.2, -0.15) is 0 Å². The van der Waals surface area contributed by atoms with E-state index in [9.17, 15) is 4.79 Å². The predicted octanol–water partition coefficient (Wildman–Crippen LogP) is 3.64. The molecule has 0 saturated carbocycles. The maximum absolute atomic E-state index is 11.0. The molecular weight excluding hydrogens is 244 g/mol. The van der Waals surface area contributed by atoms with Gasteiger partial charge in [-0.25, -0.2) is 4.98 Å². The molecule has 0 aliphatic carbocycles. The number of nitrogens with zero attached hydrogens (tertiary/aromatic N) is 2. The number of anilines is 1. The van der Waals surface area contributed by atoms with Crippen molar-refractivity contribution in [1.82, 2.24) is 4.98 Å². The van der Waals surface area contributed by atoms with Gasteiger partial charge in [0.1, 0.15) is 0 Å². The number of carbonyl (C=O) groups excluding carboxylic acids is 1. The van der Waals surface area contributed by atoms with Gasteiger partial charge in [0.05, 0.1) is 10.6 Å². The minimum atomic E-state index is 0.595. The zero-order chi connectivity index (χ0) is 13.7. The van der Waals surface area contributed by atoms with Crippen LogP contribution in [0.4, 0.5) is 5.13 Å². The third-order valence-corrected chi connectivity index (χ3v) is 3.68. The number of thiazole rings is 1. The highest BCUT2D eigenvalue weighted by Crippen LogP contribution is 2.27. The van der Waals surface area contributed by atoms with Crippen molar-refractivity contribution in [3.63, 3.8) is 0 Å². The molecule has 4 heteroatoms. The molecule has 0 radical (unpaired) electrons. The first-order chi connectivity index (χ1) is 8.47. The Labute approximate surface area is 114 Å². The van der Waals surface area contributed by atoms with Crippen LogP contribution in [0.15, 0.2) is 0 Å². The maximum atomic E-state index is 11.0. The zero-order valence-corrected chi connectivity index (χ0v) is 12.9. The third-order valence-electron chi connectivity index (χ3n) is 2.60. The fraction of sp³-hybridized carbons (Fsp3) is 0.714. The fourth-order valence-corrected chi connectivity index (χ4v) is 2.93. The lowest BCUT2D eigenvalue weighted by Crippen LogP contribution is -2.31. The highest BCUT2D eigenvalue weighted by atomic mass is 32.1. The van der Waals surface area contributed by atoms with Crippen molar-refractivity contribution in [3.05, 3.63) is 10.6 Å². The highest BCUT2D eigenvalue weighted by molar-refractivity contribution is 7.17. The largest absolute Gasteiger partial charge is 0.348 e. The number of aromatic nitrogens is 1. The second-order valence-electron chi connectivity index (χ2n) is 5.47. The van der Waals surface area contributed by atoms with Gasteiger partial charge in [-0.1, -0.05) is 46.0 Å². The van der Waals surface area contributed by atoms with Crippen molar-refractivity contribution in [3.8, 4) is 0 Å². The van der Waals surface area contributed by atoms with E-state index >= 15 is 0 Å². The van der Waals surface area contributed by atoms with Crippen molar-refractivity contribution in [2.75, 3.05) is 18.0 Å². The topological polar surface area (TPSA) is 33.2 Å². The Morgan fingerprint density at radius 3 is 2.11 bits per heavy atom. The van der Waals surface area contributed by atoms with Crippen LogP contribution < -0.4 is 4.90 Å². The summed E-state index contributed by atoms with van der Waals surface area (Å²) in [5.74, 6) is 1.19. The molecule has 0 bridgehead atoms. The van der Waals surface area contributed by atoms with E-state index in [1.807, 2.05) is 6.92 Å². The molecular formula is C14H24N2OS. The molecule has 1 rings (SSSR count). The number of carbonyl (C=O) groups is 1. The second-order valence-corrected chi connectivity index (χ2v) is 6.48. The summed E-state index contributed by atoms with van der Waals surface area (Å²) in [4.78, 5) is 18.7. The van der Waals surface area contributed by atoms with Crippen molar-refractivity contribution in [2.45, 2.75) is 41.0 Å². The summed E-state index contributed by atoms with van der Waals surface area (Å²) in [5.41, 5.74) is 0.933. The monoisotopic (exact) mass is 268 g/mol. The van der Waals surface area contributed by atoms with Crippen LogP contribution in [-0.2, 0) is 6.42 Å². The van der Waals surface area contributed by atoms with E-state index in [4.69, 9.17) is 0 Å². The first kappa shape index (κ1) is 15.2. The normalized spacial score (nSPS) is 11.3. The Morgan fingerprint density at radius 2 is 1.78 bits per heavy atom. The van der Waals surface area contributed by atoms with Crippen molar-refractivity contribution >= 4 is 22.8 Å². The van der Waals surface area contributed by atoms with Crippen molar-refractivity contribution in [1.29, 1.82) is 0 Å². The molecule has 0 unspecified atom stereocenters. The molecule has 0 spiro atoms. The molecule has 0 fully saturated rings. The SMILES string of the molecule is CCc1nc(N(CC(C)C)CC(C)C)sc1C=O. The molecule has 0 saturated heterocycles. The van der Waals surface area contributed by atoms with Gasteiger partial charge in [-0.05, 0) is 18.3 Å². The lowest BCUT2D eigenvalue weighted by molar-refractivity contribution is 0.112. The average Bonchev–Trinajstić information content (AvgIpc) is 2.69. The zero-order valence-electron chi connectivity index (χ0n) is 12.1. The Morgan fingerprint density at radius 1 is 1.22 bits per heavy atom. The van der Waals surface area contributed by atoms with Crippen LogP contribution in [0.25, 0.3) is 0 Å². The van der Waals surface area contributed by atoms with Crippen LogP contribution in [-0.4, -0.2) is 24.4 Å². The summed E-state index contributed by atoms with van der Waals surface area (Å²) in [5, 5.41) is 0.997. The van der Waals surface area contributed by atoms with Crippen LogP contribution in [0.1, 0.15) is 50.0 Å². The molecule has 1 aromatic rings. The molecule has 0 N–H and O–H groups in total. The molecule has 0 atom stereocenters. The first-order valence-electron chi connectivity index (χ1n) is 6.67. The number of hydrogen-bond acceptors (Lipinski definition) is 4. The number of hydrogen-bond donors (Lipinski definition) is 0. The van der Waals surface area contributed by atoms with Crippen LogP contribution in [0.2, 0.25) is 0 Å². The summed E-state index contributed by atoms with van der Waals surface area (Å²) >= 11 is 1.52. The lowest BCUT2D eigenvalue weighted by Gasteiger charge is -2.25. The summed E-state index contributed by atoms with van der Waals surface area (Å²) in [6.45, 7) is 12.9. The molecule has 0 aliphatic heterocycles. The molecule has 1 heterocycles. The molecule has 0 aliphatic rings. The van der Waals surface area contributed by atoms with Gasteiger partial charge < -0.3 is 4.90 Å². The Balaban J connectivity index is 2.96. The maximum Gasteiger partial charge on any atom is 0.186 e. The van der Waals surface area contributed by atoms with Crippen LogP contribution in [0.5, 0.6) is 0 Å². The Kier molecular flexibility index (Phi) is 5.79. The van der Waals surface area contributed by atoms with Crippen LogP contribution in [0, 0.1) is 11.8 Å². The van der Waals surface area contributed by atoms with E-state index in [-0.39, 0.29) is 0 Å². The van der Waals surface area contributed by atoms with E-state index in [0.29, 0.717) is 11.8 Å². The molecule has 0 amide bonds. The van der Waals surface area contributed by atoms with Gasteiger partial charge in [0.25, 0.3) is 0 Å². The predicted molar refractivity (Wildman–Crippen MR) is 78.8 cm³/mol. The van der Waals surface area contributed by atoms with E-state index < -0.39 is 0 Å². The second kappa shape index (κ2) is 6.88. The van der Waals surface area contributed by atoms with Gasteiger partial charge in [0.15, 0.2) is 11.4 Å². The van der Waals surface area contributed by atoms with Gasteiger partial charge >= 0.3 is 0 Å². The van der Waals surface area contributed by atoms with Crippen LogP contribution in [0.3, 0.4) is 0 Å². The lowest BCUT2D eigenvalue weighted by atomic mass is 10.1. The summed E-state index contributed by atoms with van der Waals surface area (Å²) in [6.07, 6.45) is 1.75. The average molecular weight is 268 g/mol. The summed E-state index contributed by atoms with van der Waals surface area (Å²) in [7, 11) is 0. The Hall–Kier alpha value is -0.900. The summed E-state index contributed by atoms with van der Waals surface area (Å²) < 4.78 is 0. The quantitative estimate of drug-likeness (QED) is 0.708. The third kappa shape index (κ3) is 4.09. The van der Waals surface area contributed by atoms with Gasteiger partial charge in [-0.15, -0.1) is 0 Å². The minimum Gasteiger partial charge on any atom is -0.348 e. The molecule has 3 nitrogen and oxygen atoms in total. The van der Waals surface area contributed by atoms with E-state index in [1.165, 1.54) is 11.3 Å². The first-order valence-corrected chi connectivity index (χ1v) is 7.49. The van der Waals surface area contributed by atoms with E-state index in [1.54, 1.807) is 0 Å².